The number of carbonyl (C=O) groups is 1. The SMILES string of the molecule is Cc1cccc(-n2ncc(C(=O)Nc3ccccc3Cl)c2-n2cccc2)c1. The molecule has 1 N–H and O–H groups in total. The van der Waals surface area contributed by atoms with Crippen molar-refractivity contribution in [2.24, 2.45) is 0 Å². The van der Waals surface area contributed by atoms with Gasteiger partial charge in [0, 0.05) is 12.4 Å². The number of nitrogens with one attached hydrogen (secondary N) is 1. The highest BCUT2D eigenvalue weighted by atomic mass is 35.5. The third-order valence-corrected chi connectivity index (χ3v) is 4.54. The fraction of sp³-hybridized carbons (Fsp3) is 0.0476. The van der Waals surface area contributed by atoms with Gasteiger partial charge in [-0.2, -0.15) is 5.10 Å². The van der Waals surface area contributed by atoms with E-state index >= 15 is 0 Å². The van der Waals surface area contributed by atoms with Gasteiger partial charge in [-0.25, -0.2) is 4.68 Å². The van der Waals surface area contributed by atoms with Gasteiger partial charge >= 0.3 is 0 Å². The van der Waals surface area contributed by atoms with Crippen LogP contribution in [0.2, 0.25) is 5.02 Å². The lowest BCUT2D eigenvalue weighted by atomic mass is 10.2. The summed E-state index contributed by atoms with van der Waals surface area (Å²) in [5.41, 5.74) is 3.01. The molecule has 0 atom stereocenters. The maximum Gasteiger partial charge on any atom is 0.261 e. The largest absolute Gasteiger partial charge is 0.320 e. The molecule has 0 unspecified atom stereocenters. The average molecular weight is 377 g/mol. The van der Waals surface area contributed by atoms with Crippen LogP contribution in [0.15, 0.2) is 79.3 Å². The van der Waals surface area contributed by atoms with Gasteiger partial charge in [-0.1, -0.05) is 35.9 Å². The van der Waals surface area contributed by atoms with Crippen molar-refractivity contribution in [1.82, 2.24) is 14.3 Å². The number of para-hydroxylation sites is 1. The zero-order valence-corrected chi connectivity index (χ0v) is 15.4. The molecule has 0 aliphatic carbocycles. The van der Waals surface area contributed by atoms with Crippen LogP contribution in [0.4, 0.5) is 5.69 Å². The summed E-state index contributed by atoms with van der Waals surface area (Å²) in [6.45, 7) is 2.02. The molecule has 27 heavy (non-hydrogen) atoms. The molecule has 0 radical (unpaired) electrons. The summed E-state index contributed by atoms with van der Waals surface area (Å²) in [6, 6.07) is 18.9. The molecule has 5 nitrogen and oxygen atoms in total. The summed E-state index contributed by atoms with van der Waals surface area (Å²) in [5.74, 6) is 0.390. The zero-order valence-electron chi connectivity index (χ0n) is 14.6. The van der Waals surface area contributed by atoms with E-state index in [1.807, 2.05) is 72.4 Å². The van der Waals surface area contributed by atoms with E-state index in [1.165, 1.54) is 0 Å². The fourth-order valence-electron chi connectivity index (χ4n) is 2.93. The summed E-state index contributed by atoms with van der Waals surface area (Å²) in [7, 11) is 0. The van der Waals surface area contributed by atoms with Gasteiger partial charge in [0.15, 0.2) is 5.82 Å². The van der Waals surface area contributed by atoms with Gasteiger partial charge in [0.05, 0.1) is 22.6 Å². The molecule has 0 aliphatic rings. The van der Waals surface area contributed by atoms with Crippen LogP contribution in [0.1, 0.15) is 15.9 Å². The smallest absolute Gasteiger partial charge is 0.261 e. The predicted molar refractivity (Wildman–Crippen MR) is 107 cm³/mol. The molecule has 0 saturated heterocycles. The molecular formula is C21H17ClN4O. The minimum Gasteiger partial charge on any atom is -0.320 e. The van der Waals surface area contributed by atoms with E-state index in [1.54, 1.807) is 23.0 Å². The number of anilines is 1. The molecule has 4 rings (SSSR count). The first-order valence-electron chi connectivity index (χ1n) is 8.48. The number of rotatable bonds is 4. The molecule has 1 amide bonds. The second-order valence-corrected chi connectivity index (χ2v) is 6.56. The maximum absolute atomic E-state index is 13.0. The molecule has 0 bridgehead atoms. The van der Waals surface area contributed by atoms with Crippen LogP contribution in [0.5, 0.6) is 0 Å². The fourth-order valence-corrected chi connectivity index (χ4v) is 3.11. The summed E-state index contributed by atoms with van der Waals surface area (Å²) in [5, 5.41) is 7.82. The molecule has 2 aromatic carbocycles. The van der Waals surface area contributed by atoms with E-state index in [0.29, 0.717) is 22.1 Å². The number of aryl methyl sites for hydroxylation is 1. The minimum atomic E-state index is -0.272. The van der Waals surface area contributed by atoms with Crippen molar-refractivity contribution in [1.29, 1.82) is 0 Å². The van der Waals surface area contributed by atoms with E-state index in [4.69, 9.17) is 11.6 Å². The van der Waals surface area contributed by atoms with Crippen LogP contribution in [-0.4, -0.2) is 20.3 Å². The third kappa shape index (κ3) is 3.37. The van der Waals surface area contributed by atoms with Crippen LogP contribution < -0.4 is 5.32 Å². The quantitative estimate of drug-likeness (QED) is 0.552. The number of carbonyl (C=O) groups excluding carboxylic acids is 1. The van der Waals surface area contributed by atoms with Crippen LogP contribution in [0.25, 0.3) is 11.5 Å². The summed E-state index contributed by atoms with van der Waals surface area (Å²) in [4.78, 5) is 13.0. The molecule has 0 aliphatic heterocycles. The van der Waals surface area contributed by atoms with Crippen LogP contribution in [0, 0.1) is 6.92 Å². The Bertz CT molecular complexity index is 1100. The van der Waals surface area contributed by atoms with Gasteiger partial charge in [0.2, 0.25) is 0 Å². The van der Waals surface area contributed by atoms with Crippen molar-refractivity contribution in [2.75, 3.05) is 5.32 Å². The van der Waals surface area contributed by atoms with Crippen molar-refractivity contribution in [3.05, 3.63) is 95.4 Å². The summed E-state index contributed by atoms with van der Waals surface area (Å²) in [6.07, 6.45) is 5.34. The van der Waals surface area contributed by atoms with Crippen molar-refractivity contribution in [3.8, 4) is 11.5 Å². The molecule has 2 aromatic heterocycles. The standard InChI is InChI=1S/C21H17ClN4O/c1-15-7-6-8-16(13-15)26-21(25-11-4-5-12-25)17(14-23-26)20(27)24-19-10-3-2-9-18(19)22/h2-14H,1H3,(H,24,27). The Balaban J connectivity index is 1.80. The van der Waals surface area contributed by atoms with E-state index < -0.39 is 0 Å². The van der Waals surface area contributed by atoms with Crippen molar-refractivity contribution < 1.29 is 4.79 Å². The van der Waals surface area contributed by atoms with Gasteiger partial charge in [-0.3, -0.25) is 4.79 Å². The molecule has 0 fully saturated rings. The van der Waals surface area contributed by atoms with Crippen molar-refractivity contribution >= 4 is 23.2 Å². The number of halogens is 1. The van der Waals surface area contributed by atoms with Gasteiger partial charge < -0.3 is 9.88 Å². The van der Waals surface area contributed by atoms with Gasteiger partial charge in [-0.15, -0.1) is 0 Å². The number of nitrogens with zero attached hydrogens (tertiary/aromatic N) is 3. The highest BCUT2D eigenvalue weighted by molar-refractivity contribution is 6.33. The first-order valence-corrected chi connectivity index (χ1v) is 8.85. The number of hydrogen-bond donors (Lipinski definition) is 1. The van der Waals surface area contributed by atoms with Gasteiger partial charge in [-0.05, 0) is 48.9 Å². The zero-order chi connectivity index (χ0) is 18.8. The van der Waals surface area contributed by atoms with E-state index in [0.717, 1.165) is 11.3 Å². The highest BCUT2D eigenvalue weighted by Gasteiger charge is 2.20. The second-order valence-electron chi connectivity index (χ2n) is 6.16. The third-order valence-electron chi connectivity index (χ3n) is 4.21. The second kappa shape index (κ2) is 7.13. The monoisotopic (exact) mass is 376 g/mol. The molecule has 0 saturated carbocycles. The lowest BCUT2D eigenvalue weighted by Gasteiger charge is -2.12. The Morgan fingerprint density at radius 2 is 1.81 bits per heavy atom. The normalized spacial score (nSPS) is 10.7. The van der Waals surface area contributed by atoms with Crippen LogP contribution in [0.3, 0.4) is 0 Å². The number of benzene rings is 2. The molecule has 2 heterocycles. The van der Waals surface area contributed by atoms with Gasteiger partial charge in [0.1, 0.15) is 5.56 Å². The van der Waals surface area contributed by atoms with Crippen LogP contribution in [-0.2, 0) is 0 Å². The number of amides is 1. The molecule has 4 aromatic rings. The Labute approximate surface area is 161 Å². The van der Waals surface area contributed by atoms with E-state index in [2.05, 4.69) is 10.4 Å². The Morgan fingerprint density at radius 1 is 1.04 bits per heavy atom. The van der Waals surface area contributed by atoms with Crippen molar-refractivity contribution in [3.63, 3.8) is 0 Å². The topological polar surface area (TPSA) is 51.9 Å². The lowest BCUT2D eigenvalue weighted by molar-refractivity contribution is 0.102. The maximum atomic E-state index is 13.0. The average Bonchev–Trinajstić information content (AvgIpc) is 3.32. The lowest BCUT2D eigenvalue weighted by Crippen LogP contribution is -2.15. The molecule has 0 spiro atoms. The van der Waals surface area contributed by atoms with E-state index in [9.17, 15) is 4.79 Å². The molecular weight excluding hydrogens is 360 g/mol. The number of aromatic nitrogens is 3. The van der Waals surface area contributed by atoms with Crippen molar-refractivity contribution in [2.45, 2.75) is 6.92 Å². The Hall–Kier alpha value is -3.31. The molecule has 6 heteroatoms. The summed E-state index contributed by atoms with van der Waals surface area (Å²) >= 11 is 6.17. The van der Waals surface area contributed by atoms with E-state index in [-0.39, 0.29) is 5.91 Å². The first kappa shape index (κ1) is 17.1. The van der Waals surface area contributed by atoms with Gasteiger partial charge in [0.25, 0.3) is 5.91 Å². The predicted octanol–water partition coefficient (Wildman–Crippen LogP) is 4.88. The first-order chi connectivity index (χ1) is 13.1. The Morgan fingerprint density at radius 3 is 2.56 bits per heavy atom. The van der Waals surface area contributed by atoms with Crippen LogP contribution >= 0.6 is 11.6 Å². The minimum absolute atomic E-state index is 0.272. The summed E-state index contributed by atoms with van der Waals surface area (Å²) < 4.78 is 3.63. The Kier molecular flexibility index (Phi) is 4.52. The molecule has 134 valence electrons. The number of hydrogen-bond acceptors (Lipinski definition) is 2. The highest BCUT2D eigenvalue weighted by Crippen LogP contribution is 2.24.